The highest BCUT2D eigenvalue weighted by atomic mass is 35.5. The molecule has 2 aromatic rings. The summed E-state index contributed by atoms with van der Waals surface area (Å²) in [6, 6.07) is 7.12. The lowest BCUT2D eigenvalue weighted by Crippen LogP contribution is -1.99. The van der Waals surface area contributed by atoms with Crippen molar-refractivity contribution in [2.75, 3.05) is 0 Å². The highest BCUT2D eigenvalue weighted by Gasteiger charge is 2.09. The summed E-state index contributed by atoms with van der Waals surface area (Å²) in [4.78, 5) is 14.5. The van der Waals surface area contributed by atoms with Crippen LogP contribution in [0.15, 0.2) is 34.9 Å². The molecule has 1 aromatic heterocycles. The fraction of sp³-hybridized carbons (Fsp3) is 0.0909. The Kier molecular flexibility index (Phi) is 2.92. The van der Waals surface area contributed by atoms with Gasteiger partial charge < -0.3 is 9.52 Å². The molecular weight excluding hydrogens is 230 g/mol. The van der Waals surface area contributed by atoms with Crippen molar-refractivity contribution in [2.24, 2.45) is 0 Å². The van der Waals surface area contributed by atoms with E-state index in [2.05, 4.69) is 4.98 Å². The molecule has 4 nitrogen and oxygen atoms in total. The first kappa shape index (κ1) is 10.7. The van der Waals surface area contributed by atoms with Crippen molar-refractivity contribution in [3.8, 4) is 11.3 Å². The second kappa shape index (κ2) is 4.37. The first-order valence-electron chi connectivity index (χ1n) is 4.57. The molecule has 1 aromatic carbocycles. The molecule has 0 aliphatic heterocycles. The van der Waals surface area contributed by atoms with Gasteiger partial charge in [0.25, 0.3) is 0 Å². The van der Waals surface area contributed by atoms with Gasteiger partial charge in [-0.05, 0) is 12.1 Å². The van der Waals surface area contributed by atoms with E-state index in [4.69, 9.17) is 21.1 Å². The van der Waals surface area contributed by atoms with Crippen molar-refractivity contribution in [3.05, 3.63) is 41.4 Å². The molecule has 16 heavy (non-hydrogen) atoms. The molecule has 82 valence electrons. The maximum Gasteiger partial charge on any atom is 0.312 e. The van der Waals surface area contributed by atoms with Crippen LogP contribution in [0.5, 0.6) is 0 Å². The molecule has 5 heteroatoms. The first-order valence-corrected chi connectivity index (χ1v) is 4.95. The Morgan fingerprint density at radius 1 is 1.50 bits per heavy atom. The highest BCUT2D eigenvalue weighted by molar-refractivity contribution is 6.30. The minimum absolute atomic E-state index is 0.183. The number of rotatable bonds is 3. The van der Waals surface area contributed by atoms with Crippen molar-refractivity contribution in [2.45, 2.75) is 6.42 Å². The number of hydrogen-bond acceptors (Lipinski definition) is 3. The number of halogens is 1. The van der Waals surface area contributed by atoms with Gasteiger partial charge in [0.05, 0.1) is 0 Å². The molecule has 0 bridgehead atoms. The third-order valence-electron chi connectivity index (χ3n) is 1.97. The Labute approximate surface area is 96.5 Å². The second-order valence-electron chi connectivity index (χ2n) is 3.21. The van der Waals surface area contributed by atoms with E-state index in [9.17, 15) is 4.79 Å². The van der Waals surface area contributed by atoms with E-state index in [1.807, 2.05) is 6.07 Å². The van der Waals surface area contributed by atoms with Gasteiger partial charge in [0.1, 0.15) is 18.4 Å². The van der Waals surface area contributed by atoms with E-state index in [1.165, 1.54) is 6.26 Å². The SMILES string of the molecule is O=C(O)Cc1nc(-c2cccc(Cl)c2)co1. The van der Waals surface area contributed by atoms with E-state index in [-0.39, 0.29) is 12.3 Å². The predicted octanol–water partition coefficient (Wildman–Crippen LogP) is 2.62. The molecule has 0 spiro atoms. The molecule has 0 saturated heterocycles. The fourth-order valence-electron chi connectivity index (χ4n) is 1.30. The van der Waals surface area contributed by atoms with Crippen molar-refractivity contribution < 1.29 is 14.3 Å². The van der Waals surface area contributed by atoms with Gasteiger partial charge in [-0.15, -0.1) is 0 Å². The Hall–Kier alpha value is -1.81. The minimum Gasteiger partial charge on any atom is -0.481 e. The predicted molar refractivity (Wildman–Crippen MR) is 58.3 cm³/mol. The lowest BCUT2D eigenvalue weighted by Gasteiger charge is -1.95. The number of nitrogens with zero attached hydrogens (tertiary/aromatic N) is 1. The number of carboxylic acids is 1. The van der Waals surface area contributed by atoms with E-state index in [1.54, 1.807) is 18.2 Å². The average Bonchev–Trinajstić information content (AvgIpc) is 2.65. The molecule has 0 amide bonds. The van der Waals surface area contributed by atoms with E-state index in [0.29, 0.717) is 10.7 Å². The largest absolute Gasteiger partial charge is 0.481 e. The Morgan fingerprint density at radius 2 is 2.31 bits per heavy atom. The number of carboxylic acid groups (broad SMARTS) is 1. The van der Waals surface area contributed by atoms with Gasteiger partial charge in [0, 0.05) is 10.6 Å². The van der Waals surface area contributed by atoms with E-state index < -0.39 is 5.97 Å². The molecule has 0 fully saturated rings. The quantitative estimate of drug-likeness (QED) is 0.891. The number of oxazole rings is 1. The second-order valence-corrected chi connectivity index (χ2v) is 3.64. The summed E-state index contributed by atoms with van der Waals surface area (Å²) in [5.41, 5.74) is 1.38. The topological polar surface area (TPSA) is 63.3 Å². The zero-order chi connectivity index (χ0) is 11.5. The van der Waals surface area contributed by atoms with Crippen molar-refractivity contribution in [3.63, 3.8) is 0 Å². The normalized spacial score (nSPS) is 10.3. The van der Waals surface area contributed by atoms with Gasteiger partial charge in [-0.2, -0.15) is 0 Å². The lowest BCUT2D eigenvalue weighted by molar-refractivity contribution is -0.136. The lowest BCUT2D eigenvalue weighted by atomic mass is 10.2. The van der Waals surface area contributed by atoms with E-state index in [0.717, 1.165) is 5.56 Å². The van der Waals surface area contributed by atoms with Crippen LogP contribution in [0.25, 0.3) is 11.3 Å². The molecule has 1 heterocycles. The van der Waals surface area contributed by atoms with Gasteiger partial charge in [0.2, 0.25) is 5.89 Å². The minimum atomic E-state index is -0.973. The molecule has 2 rings (SSSR count). The summed E-state index contributed by atoms with van der Waals surface area (Å²) in [7, 11) is 0. The standard InChI is InChI=1S/C11H8ClNO3/c12-8-3-1-2-7(4-8)9-6-16-10(13-9)5-11(14)15/h1-4,6H,5H2,(H,14,15). The summed E-state index contributed by atoms with van der Waals surface area (Å²) in [5.74, 6) is -0.790. The maximum absolute atomic E-state index is 10.4. The van der Waals surface area contributed by atoms with Crippen molar-refractivity contribution in [1.29, 1.82) is 0 Å². The number of benzene rings is 1. The zero-order valence-electron chi connectivity index (χ0n) is 8.18. The van der Waals surface area contributed by atoms with Gasteiger partial charge in [0.15, 0.2) is 0 Å². The molecule has 0 atom stereocenters. The summed E-state index contributed by atoms with van der Waals surface area (Å²) >= 11 is 5.83. The van der Waals surface area contributed by atoms with Crippen LogP contribution in [-0.4, -0.2) is 16.1 Å². The molecule has 0 radical (unpaired) electrons. The summed E-state index contributed by atoms with van der Waals surface area (Å²) in [6.45, 7) is 0. The van der Waals surface area contributed by atoms with Crippen LogP contribution in [0, 0.1) is 0 Å². The number of aromatic nitrogens is 1. The van der Waals surface area contributed by atoms with Crippen molar-refractivity contribution in [1.82, 2.24) is 4.98 Å². The average molecular weight is 238 g/mol. The molecule has 1 N–H and O–H groups in total. The van der Waals surface area contributed by atoms with Crippen LogP contribution in [-0.2, 0) is 11.2 Å². The monoisotopic (exact) mass is 237 g/mol. The molecule has 0 aliphatic carbocycles. The van der Waals surface area contributed by atoms with Gasteiger partial charge in [-0.25, -0.2) is 4.98 Å². The number of hydrogen-bond donors (Lipinski definition) is 1. The summed E-state index contributed by atoms with van der Waals surface area (Å²) in [5, 5.41) is 9.17. The Morgan fingerprint density at radius 3 is 3.00 bits per heavy atom. The number of carbonyl (C=O) groups is 1. The molecule has 0 aliphatic rings. The van der Waals surface area contributed by atoms with Gasteiger partial charge in [-0.3, -0.25) is 4.79 Å². The number of aliphatic carboxylic acids is 1. The Balaban J connectivity index is 2.28. The highest BCUT2D eigenvalue weighted by Crippen LogP contribution is 2.22. The van der Waals surface area contributed by atoms with Crippen LogP contribution in [0.1, 0.15) is 5.89 Å². The van der Waals surface area contributed by atoms with Crippen LogP contribution in [0.2, 0.25) is 5.02 Å². The Bertz CT molecular complexity index is 521. The maximum atomic E-state index is 10.4. The summed E-state index contributed by atoms with van der Waals surface area (Å²) < 4.78 is 5.03. The van der Waals surface area contributed by atoms with Crippen LogP contribution in [0.4, 0.5) is 0 Å². The van der Waals surface area contributed by atoms with E-state index >= 15 is 0 Å². The van der Waals surface area contributed by atoms with Gasteiger partial charge >= 0.3 is 5.97 Å². The van der Waals surface area contributed by atoms with Crippen LogP contribution >= 0.6 is 11.6 Å². The summed E-state index contributed by atoms with van der Waals surface area (Å²) in [6.07, 6.45) is 1.20. The smallest absolute Gasteiger partial charge is 0.312 e. The van der Waals surface area contributed by atoms with Crippen LogP contribution in [0.3, 0.4) is 0 Å². The third kappa shape index (κ3) is 2.41. The third-order valence-corrected chi connectivity index (χ3v) is 2.21. The van der Waals surface area contributed by atoms with Crippen molar-refractivity contribution >= 4 is 17.6 Å². The fourth-order valence-corrected chi connectivity index (χ4v) is 1.49. The first-order chi connectivity index (χ1) is 7.65. The van der Waals surface area contributed by atoms with Crippen LogP contribution < -0.4 is 0 Å². The molecule has 0 unspecified atom stereocenters. The zero-order valence-corrected chi connectivity index (χ0v) is 8.94. The van der Waals surface area contributed by atoms with Gasteiger partial charge in [-0.1, -0.05) is 23.7 Å². The molecular formula is C11H8ClNO3. The molecule has 0 saturated carbocycles.